The van der Waals surface area contributed by atoms with Gasteiger partial charge in [-0.2, -0.15) is 0 Å². The summed E-state index contributed by atoms with van der Waals surface area (Å²) in [5, 5.41) is 15.7. The van der Waals surface area contributed by atoms with Gasteiger partial charge in [-0.1, -0.05) is 6.42 Å². The third kappa shape index (κ3) is 3.23. The third-order valence-corrected chi connectivity index (χ3v) is 3.34. The number of rotatable bonds is 2. The summed E-state index contributed by atoms with van der Waals surface area (Å²) in [5.74, 6) is 0.140. The van der Waals surface area contributed by atoms with Crippen molar-refractivity contribution in [2.75, 3.05) is 13.1 Å². The van der Waals surface area contributed by atoms with Gasteiger partial charge >= 0.3 is 0 Å². The molecule has 1 aliphatic heterocycles. The second kappa shape index (κ2) is 5.87. The van der Waals surface area contributed by atoms with E-state index in [-0.39, 0.29) is 17.7 Å². The molecular weight excluding hydrogens is 228 g/mol. The van der Waals surface area contributed by atoms with E-state index < -0.39 is 0 Å². The van der Waals surface area contributed by atoms with Crippen molar-refractivity contribution in [3.05, 3.63) is 29.3 Å². The van der Waals surface area contributed by atoms with Crippen molar-refractivity contribution in [3.63, 3.8) is 0 Å². The number of benzene rings is 1. The maximum Gasteiger partial charge on any atom is 0.251 e. The number of amides is 1. The summed E-state index contributed by atoms with van der Waals surface area (Å²) in [7, 11) is 0. The molecule has 1 amide bonds. The number of phenolic OH excluding ortho intramolecular Hbond substituents is 1. The van der Waals surface area contributed by atoms with Crippen molar-refractivity contribution in [3.8, 4) is 5.75 Å². The Kier molecular flexibility index (Phi) is 4.20. The molecule has 0 aliphatic carbocycles. The molecule has 1 fully saturated rings. The summed E-state index contributed by atoms with van der Waals surface area (Å²) >= 11 is 0. The molecule has 18 heavy (non-hydrogen) atoms. The van der Waals surface area contributed by atoms with E-state index in [1.165, 1.54) is 6.42 Å². The van der Waals surface area contributed by atoms with Crippen molar-refractivity contribution < 1.29 is 9.90 Å². The lowest BCUT2D eigenvalue weighted by Crippen LogP contribution is -2.41. The van der Waals surface area contributed by atoms with E-state index in [1.807, 2.05) is 6.92 Å². The van der Waals surface area contributed by atoms with Crippen molar-refractivity contribution in [2.24, 2.45) is 0 Å². The summed E-state index contributed by atoms with van der Waals surface area (Å²) < 4.78 is 0. The molecule has 0 saturated carbocycles. The largest absolute Gasteiger partial charge is 0.508 e. The zero-order valence-corrected chi connectivity index (χ0v) is 10.7. The van der Waals surface area contributed by atoms with Crippen LogP contribution < -0.4 is 10.6 Å². The van der Waals surface area contributed by atoms with Gasteiger partial charge in [-0.05, 0) is 50.1 Å². The highest BCUT2D eigenvalue weighted by atomic mass is 16.3. The van der Waals surface area contributed by atoms with Gasteiger partial charge in [0.25, 0.3) is 5.91 Å². The molecule has 0 radical (unpaired) electrons. The molecule has 0 bridgehead atoms. The smallest absolute Gasteiger partial charge is 0.251 e. The van der Waals surface area contributed by atoms with Crippen LogP contribution in [0.15, 0.2) is 18.2 Å². The van der Waals surface area contributed by atoms with Crippen molar-refractivity contribution >= 4 is 5.91 Å². The average molecular weight is 248 g/mol. The first kappa shape index (κ1) is 12.9. The highest BCUT2D eigenvalue weighted by molar-refractivity contribution is 5.96. The first-order valence-electron chi connectivity index (χ1n) is 6.48. The molecule has 0 spiro atoms. The van der Waals surface area contributed by atoms with Gasteiger partial charge < -0.3 is 15.7 Å². The van der Waals surface area contributed by atoms with Crippen LogP contribution in [0.2, 0.25) is 0 Å². The average Bonchev–Trinajstić information content (AvgIpc) is 2.57. The van der Waals surface area contributed by atoms with Crippen LogP contribution in [0.5, 0.6) is 5.75 Å². The van der Waals surface area contributed by atoms with E-state index >= 15 is 0 Å². The van der Waals surface area contributed by atoms with Crippen molar-refractivity contribution in [1.82, 2.24) is 10.6 Å². The Balaban J connectivity index is 2.02. The lowest BCUT2D eigenvalue weighted by Gasteiger charge is -2.17. The van der Waals surface area contributed by atoms with Gasteiger partial charge in [0.1, 0.15) is 5.75 Å². The molecule has 1 atom stereocenters. The molecule has 98 valence electrons. The molecule has 1 unspecified atom stereocenters. The Morgan fingerprint density at radius 2 is 2.28 bits per heavy atom. The first-order valence-corrected chi connectivity index (χ1v) is 6.48. The summed E-state index contributed by atoms with van der Waals surface area (Å²) in [6, 6.07) is 5.03. The number of phenols is 1. The van der Waals surface area contributed by atoms with Gasteiger partial charge in [0, 0.05) is 18.2 Å². The van der Waals surface area contributed by atoms with Crippen LogP contribution in [0.1, 0.15) is 35.2 Å². The Morgan fingerprint density at radius 3 is 3.06 bits per heavy atom. The molecule has 0 aromatic heterocycles. The molecule has 2 rings (SSSR count). The Hall–Kier alpha value is -1.55. The van der Waals surface area contributed by atoms with E-state index in [1.54, 1.807) is 18.2 Å². The van der Waals surface area contributed by atoms with Crippen LogP contribution in [0, 0.1) is 6.92 Å². The highest BCUT2D eigenvalue weighted by Gasteiger charge is 2.16. The van der Waals surface area contributed by atoms with Crippen LogP contribution in [-0.2, 0) is 0 Å². The zero-order chi connectivity index (χ0) is 13.0. The second-order valence-electron chi connectivity index (χ2n) is 4.87. The fourth-order valence-electron chi connectivity index (χ4n) is 2.31. The maximum absolute atomic E-state index is 12.1. The van der Waals surface area contributed by atoms with Crippen LogP contribution in [-0.4, -0.2) is 30.1 Å². The minimum atomic E-state index is -0.0544. The van der Waals surface area contributed by atoms with E-state index in [9.17, 15) is 9.90 Å². The van der Waals surface area contributed by atoms with Crippen molar-refractivity contribution in [1.29, 1.82) is 0 Å². The van der Waals surface area contributed by atoms with Crippen LogP contribution in [0.4, 0.5) is 0 Å². The van der Waals surface area contributed by atoms with E-state index in [2.05, 4.69) is 10.6 Å². The minimum Gasteiger partial charge on any atom is -0.508 e. The predicted molar refractivity (Wildman–Crippen MR) is 70.8 cm³/mol. The van der Waals surface area contributed by atoms with Gasteiger partial charge in [0.2, 0.25) is 0 Å². The normalized spacial score (nSPS) is 20.2. The van der Waals surface area contributed by atoms with Gasteiger partial charge in [0.15, 0.2) is 0 Å². The number of hydrogen-bond acceptors (Lipinski definition) is 3. The topological polar surface area (TPSA) is 61.4 Å². The second-order valence-corrected chi connectivity index (χ2v) is 4.87. The molecule has 3 N–H and O–H groups in total. The fraction of sp³-hybridized carbons (Fsp3) is 0.500. The Labute approximate surface area is 107 Å². The fourth-order valence-corrected chi connectivity index (χ4v) is 2.31. The molecule has 1 aromatic carbocycles. The summed E-state index contributed by atoms with van der Waals surface area (Å²) in [6.45, 7) is 3.70. The third-order valence-electron chi connectivity index (χ3n) is 3.34. The molecule has 4 nitrogen and oxygen atoms in total. The number of carbonyl (C=O) groups is 1. The molecular formula is C14H20N2O2. The summed E-state index contributed by atoms with van der Waals surface area (Å²) in [6.07, 6.45) is 3.34. The molecule has 1 aromatic rings. The van der Waals surface area contributed by atoms with Crippen LogP contribution in [0.25, 0.3) is 0 Å². The van der Waals surface area contributed by atoms with E-state index in [4.69, 9.17) is 0 Å². The number of hydrogen-bond donors (Lipinski definition) is 3. The van der Waals surface area contributed by atoms with Gasteiger partial charge in [-0.3, -0.25) is 4.79 Å². The monoisotopic (exact) mass is 248 g/mol. The first-order chi connectivity index (χ1) is 8.66. The number of nitrogens with one attached hydrogen (secondary N) is 2. The quantitative estimate of drug-likeness (QED) is 0.744. The zero-order valence-electron chi connectivity index (χ0n) is 10.7. The van der Waals surface area contributed by atoms with Gasteiger partial charge in [0.05, 0.1) is 0 Å². The van der Waals surface area contributed by atoms with Gasteiger partial charge in [-0.25, -0.2) is 0 Å². The maximum atomic E-state index is 12.1. The standard InChI is InChI=1S/C14H20N2O2/c1-10-8-12(17)5-6-13(10)14(18)16-11-4-2-3-7-15-9-11/h5-6,8,11,15,17H,2-4,7,9H2,1H3,(H,16,18). The Bertz CT molecular complexity index is 424. The molecule has 4 heteroatoms. The SMILES string of the molecule is Cc1cc(O)ccc1C(=O)NC1CCCCNC1. The molecule has 1 heterocycles. The summed E-state index contributed by atoms with van der Waals surface area (Å²) in [5.41, 5.74) is 1.44. The van der Waals surface area contributed by atoms with E-state index in [0.717, 1.165) is 31.5 Å². The molecule has 1 saturated heterocycles. The number of aryl methyl sites for hydroxylation is 1. The minimum absolute atomic E-state index is 0.0544. The Morgan fingerprint density at radius 1 is 1.44 bits per heavy atom. The van der Waals surface area contributed by atoms with E-state index in [0.29, 0.717) is 5.56 Å². The van der Waals surface area contributed by atoms with Crippen LogP contribution in [0.3, 0.4) is 0 Å². The molecule has 1 aliphatic rings. The number of aromatic hydroxyl groups is 1. The van der Waals surface area contributed by atoms with Gasteiger partial charge in [-0.15, -0.1) is 0 Å². The summed E-state index contributed by atoms with van der Waals surface area (Å²) in [4.78, 5) is 12.1. The van der Waals surface area contributed by atoms with Crippen molar-refractivity contribution in [2.45, 2.75) is 32.2 Å². The lowest BCUT2D eigenvalue weighted by molar-refractivity contribution is 0.0935. The highest BCUT2D eigenvalue weighted by Crippen LogP contribution is 2.16. The number of carbonyl (C=O) groups excluding carboxylic acids is 1. The lowest BCUT2D eigenvalue weighted by atomic mass is 10.1. The van der Waals surface area contributed by atoms with Crippen LogP contribution >= 0.6 is 0 Å². The predicted octanol–water partition coefficient (Wildman–Crippen LogP) is 1.57.